The van der Waals surface area contributed by atoms with Gasteiger partial charge >= 0.3 is 0 Å². The van der Waals surface area contributed by atoms with Gasteiger partial charge in [-0.3, -0.25) is 9.67 Å². The van der Waals surface area contributed by atoms with E-state index in [-0.39, 0.29) is 0 Å². The highest BCUT2D eigenvalue weighted by Gasteiger charge is 2.05. The molecule has 5 nitrogen and oxygen atoms in total. The zero-order valence-electron chi connectivity index (χ0n) is 9.25. The second kappa shape index (κ2) is 4.33. The number of aryl methyl sites for hydroxylation is 2. The molecule has 0 saturated heterocycles. The molecule has 82 valence electrons. The van der Waals surface area contributed by atoms with Crippen LogP contribution in [0.25, 0.3) is 0 Å². The van der Waals surface area contributed by atoms with E-state index in [1.807, 2.05) is 18.7 Å². The Hall–Kier alpha value is -1.52. The topological polar surface area (TPSA) is 54.2 Å². The molecule has 0 bridgehead atoms. The van der Waals surface area contributed by atoms with Crippen molar-refractivity contribution in [1.82, 2.24) is 20.4 Å². The average Bonchev–Trinajstić information content (AvgIpc) is 2.56. The summed E-state index contributed by atoms with van der Waals surface area (Å²) in [6.07, 6.45) is 1.12. The third-order valence-corrected chi connectivity index (χ3v) is 2.43. The zero-order valence-corrected chi connectivity index (χ0v) is 9.25. The van der Waals surface area contributed by atoms with Gasteiger partial charge in [-0.1, -0.05) is 0 Å². The first-order valence-electron chi connectivity index (χ1n) is 5.27. The van der Waals surface area contributed by atoms with Crippen molar-refractivity contribution in [2.45, 2.75) is 19.9 Å². The Morgan fingerprint density at radius 3 is 3.07 bits per heavy atom. The fraction of sp³-hybridized carbons (Fsp3) is 0.600. The maximum Gasteiger partial charge on any atom is 0.191 e. The largest absolute Gasteiger partial charge is 0.356 e. The van der Waals surface area contributed by atoms with Gasteiger partial charge in [-0.2, -0.15) is 5.10 Å². The Kier molecular flexibility index (Phi) is 2.89. The lowest BCUT2D eigenvalue weighted by molar-refractivity contribution is 0.662. The van der Waals surface area contributed by atoms with E-state index in [1.54, 1.807) is 0 Å². The molecule has 2 N–H and O–H groups in total. The maximum atomic E-state index is 4.35. The fourth-order valence-corrected chi connectivity index (χ4v) is 1.65. The van der Waals surface area contributed by atoms with Gasteiger partial charge in [-0.15, -0.1) is 0 Å². The smallest absolute Gasteiger partial charge is 0.191 e. The second-order valence-corrected chi connectivity index (χ2v) is 3.76. The molecule has 0 aliphatic carbocycles. The molecule has 0 fully saturated rings. The van der Waals surface area contributed by atoms with E-state index in [1.165, 1.54) is 5.69 Å². The summed E-state index contributed by atoms with van der Waals surface area (Å²) < 4.78 is 1.89. The minimum atomic E-state index is 0.767. The number of aromatic nitrogens is 2. The summed E-state index contributed by atoms with van der Waals surface area (Å²) in [5, 5.41) is 10.8. The quantitative estimate of drug-likeness (QED) is 0.726. The number of nitrogens with one attached hydrogen (secondary N) is 2. The molecule has 2 heterocycles. The summed E-state index contributed by atoms with van der Waals surface area (Å²) in [5.74, 6) is 0.903. The Labute approximate surface area is 89.6 Å². The first-order chi connectivity index (χ1) is 7.25. The van der Waals surface area contributed by atoms with Crippen molar-refractivity contribution in [3.63, 3.8) is 0 Å². The summed E-state index contributed by atoms with van der Waals surface area (Å²) in [7, 11) is 1.96. The molecule has 0 radical (unpaired) electrons. The molecule has 1 aliphatic heterocycles. The van der Waals surface area contributed by atoms with Crippen molar-refractivity contribution in [2.24, 2.45) is 12.0 Å². The first-order valence-corrected chi connectivity index (χ1v) is 5.27. The van der Waals surface area contributed by atoms with Crippen LogP contribution in [0.4, 0.5) is 0 Å². The van der Waals surface area contributed by atoms with Crippen molar-refractivity contribution in [2.75, 3.05) is 13.1 Å². The van der Waals surface area contributed by atoms with E-state index < -0.39 is 0 Å². The Morgan fingerprint density at radius 1 is 1.60 bits per heavy atom. The van der Waals surface area contributed by atoms with Gasteiger partial charge in [0.05, 0.1) is 17.9 Å². The van der Waals surface area contributed by atoms with Crippen LogP contribution in [0.2, 0.25) is 0 Å². The van der Waals surface area contributed by atoms with Crippen LogP contribution in [-0.2, 0) is 13.6 Å². The fourth-order valence-electron chi connectivity index (χ4n) is 1.65. The Morgan fingerprint density at radius 2 is 2.47 bits per heavy atom. The molecule has 1 aliphatic rings. The molecule has 0 atom stereocenters. The monoisotopic (exact) mass is 207 g/mol. The van der Waals surface area contributed by atoms with Gasteiger partial charge in [0.2, 0.25) is 0 Å². The number of aliphatic imine (C=N–C) groups is 1. The molecule has 0 aromatic carbocycles. The first kappa shape index (κ1) is 10.0. The Bertz CT molecular complexity index is 366. The summed E-state index contributed by atoms with van der Waals surface area (Å²) in [6, 6.07) is 2.08. The van der Waals surface area contributed by atoms with Crippen molar-refractivity contribution >= 4 is 5.96 Å². The number of hydrogen-bond donors (Lipinski definition) is 2. The van der Waals surface area contributed by atoms with E-state index in [0.717, 1.165) is 37.7 Å². The lowest BCUT2D eigenvalue weighted by atomic mass is 10.3. The third kappa shape index (κ3) is 2.49. The third-order valence-electron chi connectivity index (χ3n) is 2.43. The highest BCUT2D eigenvalue weighted by Crippen LogP contribution is 2.01. The molecule has 0 saturated carbocycles. The molecule has 2 rings (SSSR count). The molecule has 0 unspecified atom stereocenters. The van der Waals surface area contributed by atoms with E-state index in [0.29, 0.717) is 0 Å². The van der Waals surface area contributed by atoms with Gasteiger partial charge in [0.25, 0.3) is 0 Å². The van der Waals surface area contributed by atoms with E-state index in [9.17, 15) is 0 Å². The molecule has 1 aromatic heterocycles. The summed E-state index contributed by atoms with van der Waals surface area (Å²) in [5.41, 5.74) is 2.22. The SMILES string of the molecule is Cc1cc(CNC2=NCCCN2)n(C)n1. The number of hydrogen-bond acceptors (Lipinski definition) is 4. The van der Waals surface area contributed by atoms with Crippen LogP contribution in [-0.4, -0.2) is 28.8 Å². The molecule has 0 amide bonds. The van der Waals surface area contributed by atoms with Crippen LogP contribution in [0, 0.1) is 6.92 Å². The van der Waals surface area contributed by atoms with Gasteiger partial charge in [-0.05, 0) is 19.4 Å². The van der Waals surface area contributed by atoms with E-state index in [4.69, 9.17) is 0 Å². The Balaban J connectivity index is 1.92. The zero-order chi connectivity index (χ0) is 10.7. The molecule has 15 heavy (non-hydrogen) atoms. The number of rotatable bonds is 2. The van der Waals surface area contributed by atoms with Crippen LogP contribution in [0.15, 0.2) is 11.1 Å². The molecular formula is C10H17N5. The van der Waals surface area contributed by atoms with E-state index >= 15 is 0 Å². The van der Waals surface area contributed by atoms with Gasteiger partial charge in [-0.25, -0.2) is 0 Å². The lowest BCUT2D eigenvalue weighted by Gasteiger charge is -2.15. The summed E-state index contributed by atoms with van der Waals surface area (Å²) in [4.78, 5) is 4.35. The van der Waals surface area contributed by atoms with Crippen LogP contribution >= 0.6 is 0 Å². The van der Waals surface area contributed by atoms with Crippen LogP contribution < -0.4 is 10.6 Å². The maximum absolute atomic E-state index is 4.35. The predicted octanol–water partition coefficient (Wildman–Crippen LogP) is 0.167. The summed E-state index contributed by atoms with van der Waals surface area (Å²) in [6.45, 7) is 4.69. The van der Waals surface area contributed by atoms with E-state index in [2.05, 4.69) is 26.8 Å². The van der Waals surface area contributed by atoms with Gasteiger partial charge in [0.1, 0.15) is 0 Å². The second-order valence-electron chi connectivity index (χ2n) is 3.76. The van der Waals surface area contributed by atoms with Crippen molar-refractivity contribution < 1.29 is 0 Å². The number of guanidine groups is 1. The minimum Gasteiger partial charge on any atom is -0.356 e. The van der Waals surface area contributed by atoms with Crippen LogP contribution in [0.5, 0.6) is 0 Å². The molecular weight excluding hydrogens is 190 g/mol. The van der Waals surface area contributed by atoms with Crippen LogP contribution in [0.3, 0.4) is 0 Å². The highest BCUT2D eigenvalue weighted by molar-refractivity contribution is 5.80. The minimum absolute atomic E-state index is 0.767. The average molecular weight is 207 g/mol. The summed E-state index contributed by atoms with van der Waals surface area (Å²) >= 11 is 0. The normalized spacial score (nSPS) is 15.7. The predicted molar refractivity (Wildman–Crippen MR) is 59.7 cm³/mol. The van der Waals surface area contributed by atoms with Gasteiger partial charge in [0.15, 0.2) is 5.96 Å². The van der Waals surface area contributed by atoms with Gasteiger partial charge < -0.3 is 10.6 Å². The van der Waals surface area contributed by atoms with Crippen molar-refractivity contribution in [1.29, 1.82) is 0 Å². The lowest BCUT2D eigenvalue weighted by Crippen LogP contribution is -2.40. The van der Waals surface area contributed by atoms with Crippen molar-refractivity contribution in [3.05, 3.63) is 17.5 Å². The highest BCUT2D eigenvalue weighted by atomic mass is 15.3. The standard InChI is InChI=1S/C10H17N5/c1-8-6-9(15(2)14-8)7-13-10-11-4-3-5-12-10/h6H,3-5,7H2,1-2H3,(H2,11,12,13). The number of nitrogens with zero attached hydrogens (tertiary/aromatic N) is 3. The molecule has 1 aromatic rings. The molecule has 5 heteroatoms. The van der Waals surface area contributed by atoms with Crippen molar-refractivity contribution in [3.8, 4) is 0 Å². The molecule has 0 spiro atoms. The van der Waals surface area contributed by atoms with Gasteiger partial charge in [0, 0.05) is 20.1 Å². The van der Waals surface area contributed by atoms with Crippen LogP contribution in [0.1, 0.15) is 17.8 Å².